The molecule has 0 heterocycles. The van der Waals surface area contributed by atoms with Crippen molar-refractivity contribution in [2.24, 2.45) is 0 Å². The lowest BCUT2D eigenvalue weighted by Crippen LogP contribution is -2.22. The molecule has 150 valence electrons. The van der Waals surface area contributed by atoms with Gasteiger partial charge in [-0.15, -0.1) is 0 Å². The molecule has 4 aromatic carbocycles. The fourth-order valence-corrected chi connectivity index (χ4v) is 4.17. The second-order valence-electron chi connectivity index (χ2n) is 7.97. The van der Waals surface area contributed by atoms with Crippen molar-refractivity contribution in [1.82, 2.24) is 0 Å². The lowest BCUT2D eigenvalue weighted by atomic mass is 9.78. The predicted molar refractivity (Wildman–Crippen MR) is 120 cm³/mol. The Morgan fingerprint density at radius 1 is 0.548 bits per heavy atom. The fraction of sp³-hybridized carbons (Fsp3) is 0.0714. The number of fused-ring (bicyclic) bond motifs is 2. The Hall–Kier alpha value is -3.85. The lowest BCUT2D eigenvalue weighted by molar-refractivity contribution is 0.0979. The van der Waals surface area contributed by atoms with E-state index in [0.717, 1.165) is 11.1 Å². The number of hydrogen-bond acceptors (Lipinski definition) is 2. The molecule has 0 amide bonds. The summed E-state index contributed by atoms with van der Waals surface area (Å²) in [5, 5.41) is 0. The molecule has 0 spiro atoms. The monoisotopic (exact) mass is 406 g/mol. The van der Waals surface area contributed by atoms with Crippen LogP contribution in [0.25, 0.3) is 22.3 Å². The number of carbonyl (C=O) groups excluding carboxylic acids is 2. The highest BCUT2D eigenvalue weighted by Gasteiger charge is 2.34. The van der Waals surface area contributed by atoms with E-state index in [1.807, 2.05) is 50.2 Å². The van der Waals surface area contributed by atoms with Gasteiger partial charge in [-0.25, -0.2) is 4.39 Å². The van der Waals surface area contributed by atoms with E-state index < -0.39 is 5.82 Å². The molecule has 0 N–H and O–H groups in total. The van der Waals surface area contributed by atoms with Gasteiger partial charge < -0.3 is 0 Å². The summed E-state index contributed by atoms with van der Waals surface area (Å²) >= 11 is 0. The second-order valence-corrected chi connectivity index (χ2v) is 7.97. The van der Waals surface area contributed by atoms with Crippen LogP contribution in [0.15, 0.2) is 78.9 Å². The zero-order valence-electron chi connectivity index (χ0n) is 17.2. The number of carbonyl (C=O) groups is 2. The van der Waals surface area contributed by atoms with Crippen molar-refractivity contribution in [3.05, 3.63) is 118 Å². The highest BCUT2D eigenvalue weighted by Crippen LogP contribution is 2.40. The average molecular weight is 406 g/mol. The Morgan fingerprint density at radius 3 is 1.65 bits per heavy atom. The van der Waals surface area contributed by atoms with Crippen molar-refractivity contribution in [3.8, 4) is 22.3 Å². The summed E-state index contributed by atoms with van der Waals surface area (Å²) in [5.74, 6) is -1.07. The SMILES string of the molecule is Cc1ccc(-c2cc3c(c(-c4ccc(C)cc4)c2F)C(=O)c2ccccc2C3=O)cc1. The van der Waals surface area contributed by atoms with Gasteiger partial charge in [0.25, 0.3) is 0 Å². The minimum atomic E-state index is -0.494. The smallest absolute Gasteiger partial charge is 0.195 e. The van der Waals surface area contributed by atoms with Gasteiger partial charge in [0.1, 0.15) is 5.82 Å². The maximum Gasteiger partial charge on any atom is 0.195 e. The Balaban J connectivity index is 1.87. The van der Waals surface area contributed by atoms with Gasteiger partial charge in [-0.05, 0) is 31.0 Å². The number of aryl methyl sites for hydroxylation is 2. The van der Waals surface area contributed by atoms with Crippen molar-refractivity contribution in [2.75, 3.05) is 0 Å². The molecule has 0 saturated heterocycles. The molecule has 0 bridgehead atoms. The summed E-state index contributed by atoms with van der Waals surface area (Å²) in [5.41, 5.74) is 4.88. The first-order valence-corrected chi connectivity index (χ1v) is 10.1. The number of hydrogen-bond donors (Lipinski definition) is 0. The van der Waals surface area contributed by atoms with Crippen molar-refractivity contribution in [1.29, 1.82) is 0 Å². The summed E-state index contributed by atoms with van der Waals surface area (Å²) in [6.07, 6.45) is 0. The van der Waals surface area contributed by atoms with Crippen LogP contribution in [0.3, 0.4) is 0 Å². The first-order chi connectivity index (χ1) is 15.0. The molecule has 1 aliphatic carbocycles. The Labute approximate surface area is 180 Å². The maximum absolute atomic E-state index is 16.0. The molecular weight excluding hydrogens is 387 g/mol. The molecule has 31 heavy (non-hydrogen) atoms. The molecule has 4 aromatic rings. The van der Waals surface area contributed by atoms with Gasteiger partial charge in [-0.1, -0.05) is 83.9 Å². The van der Waals surface area contributed by atoms with Crippen LogP contribution < -0.4 is 0 Å². The van der Waals surface area contributed by atoms with Crippen molar-refractivity contribution >= 4 is 11.6 Å². The van der Waals surface area contributed by atoms with Crippen LogP contribution in [0, 0.1) is 19.7 Å². The Morgan fingerprint density at radius 2 is 1.06 bits per heavy atom. The third kappa shape index (κ3) is 3.01. The van der Waals surface area contributed by atoms with Crippen molar-refractivity contribution in [2.45, 2.75) is 13.8 Å². The normalized spacial score (nSPS) is 12.5. The summed E-state index contributed by atoms with van der Waals surface area (Å²) in [4.78, 5) is 26.8. The Kier molecular flexibility index (Phi) is 4.40. The van der Waals surface area contributed by atoms with Crippen LogP contribution in [-0.2, 0) is 0 Å². The molecule has 0 radical (unpaired) electrons. The number of benzene rings is 4. The average Bonchev–Trinajstić information content (AvgIpc) is 2.78. The number of halogens is 1. The molecule has 5 rings (SSSR count). The summed E-state index contributed by atoms with van der Waals surface area (Å²) in [6, 6.07) is 23.1. The first kappa shape index (κ1) is 19.1. The minimum absolute atomic E-state index is 0.140. The molecule has 0 aliphatic heterocycles. The third-order valence-corrected chi connectivity index (χ3v) is 5.85. The largest absolute Gasteiger partial charge is 0.289 e. The summed E-state index contributed by atoms with van der Waals surface area (Å²) in [6.45, 7) is 3.91. The molecule has 0 unspecified atom stereocenters. The molecule has 0 atom stereocenters. The third-order valence-electron chi connectivity index (χ3n) is 5.85. The van der Waals surface area contributed by atoms with Crippen LogP contribution in [-0.4, -0.2) is 11.6 Å². The molecule has 0 aromatic heterocycles. The molecule has 1 aliphatic rings. The van der Waals surface area contributed by atoms with Gasteiger partial charge in [-0.2, -0.15) is 0 Å². The van der Waals surface area contributed by atoms with E-state index in [9.17, 15) is 9.59 Å². The maximum atomic E-state index is 16.0. The van der Waals surface area contributed by atoms with Gasteiger partial charge >= 0.3 is 0 Å². The standard InChI is InChI=1S/C28H19FO2/c1-16-7-11-18(12-8-16)22-15-23-25(24(26(22)29)19-13-9-17(2)10-14-19)28(31)21-6-4-3-5-20(21)27(23)30/h3-15H,1-2H3. The van der Waals surface area contributed by atoms with Crippen LogP contribution in [0.1, 0.15) is 43.0 Å². The minimum Gasteiger partial charge on any atom is -0.289 e. The van der Waals surface area contributed by atoms with Gasteiger partial charge in [0.05, 0.1) is 0 Å². The fourth-order valence-electron chi connectivity index (χ4n) is 4.17. The van der Waals surface area contributed by atoms with E-state index in [2.05, 4.69) is 0 Å². The van der Waals surface area contributed by atoms with Gasteiger partial charge in [0, 0.05) is 33.4 Å². The molecular formula is C28H19FO2. The van der Waals surface area contributed by atoms with E-state index >= 15 is 4.39 Å². The number of ketones is 2. The quantitative estimate of drug-likeness (QED) is 0.333. The highest BCUT2D eigenvalue weighted by atomic mass is 19.1. The van der Waals surface area contributed by atoms with Crippen LogP contribution in [0.2, 0.25) is 0 Å². The molecule has 3 heteroatoms. The van der Waals surface area contributed by atoms with Crippen molar-refractivity contribution < 1.29 is 14.0 Å². The Bertz CT molecular complexity index is 1360. The highest BCUT2D eigenvalue weighted by molar-refractivity contribution is 6.30. The van der Waals surface area contributed by atoms with E-state index in [1.54, 1.807) is 36.4 Å². The second kappa shape index (κ2) is 7.13. The predicted octanol–water partition coefficient (Wildman–Crippen LogP) is 6.55. The van der Waals surface area contributed by atoms with Crippen molar-refractivity contribution in [3.63, 3.8) is 0 Å². The summed E-state index contributed by atoms with van der Waals surface area (Å²) < 4.78 is 16.0. The topological polar surface area (TPSA) is 34.1 Å². The van der Waals surface area contributed by atoms with Crippen LogP contribution in [0.4, 0.5) is 4.39 Å². The van der Waals surface area contributed by atoms with E-state index in [1.165, 1.54) is 6.07 Å². The van der Waals surface area contributed by atoms with Gasteiger partial charge in [0.15, 0.2) is 11.6 Å². The zero-order valence-corrected chi connectivity index (χ0v) is 17.2. The molecule has 0 fully saturated rings. The lowest BCUT2D eigenvalue weighted by Gasteiger charge is -2.23. The number of rotatable bonds is 2. The molecule has 2 nitrogen and oxygen atoms in total. The van der Waals surface area contributed by atoms with E-state index in [4.69, 9.17) is 0 Å². The van der Waals surface area contributed by atoms with E-state index in [-0.39, 0.29) is 28.3 Å². The summed E-state index contributed by atoms with van der Waals surface area (Å²) in [7, 11) is 0. The van der Waals surface area contributed by atoms with Crippen LogP contribution in [0.5, 0.6) is 0 Å². The zero-order chi connectivity index (χ0) is 21.7. The van der Waals surface area contributed by atoms with Gasteiger partial charge in [0.2, 0.25) is 0 Å². The van der Waals surface area contributed by atoms with Crippen LogP contribution >= 0.6 is 0 Å². The first-order valence-electron chi connectivity index (χ1n) is 10.1. The van der Waals surface area contributed by atoms with E-state index in [0.29, 0.717) is 27.8 Å². The van der Waals surface area contributed by atoms with Gasteiger partial charge in [-0.3, -0.25) is 9.59 Å². The molecule has 0 saturated carbocycles.